The van der Waals surface area contributed by atoms with Crippen molar-refractivity contribution >= 4 is 45.6 Å². The van der Waals surface area contributed by atoms with Crippen LogP contribution in [-0.2, 0) is 6.42 Å². The number of aliphatic hydroxyl groups is 1. The van der Waals surface area contributed by atoms with Crippen LogP contribution in [0.25, 0.3) is 10.8 Å². The predicted molar refractivity (Wildman–Crippen MR) is 144 cm³/mol. The maximum atomic E-state index is 11.3. The zero-order valence-corrected chi connectivity index (χ0v) is 21.8. The molecule has 2 unspecified atom stereocenters. The van der Waals surface area contributed by atoms with Crippen molar-refractivity contribution in [3.63, 3.8) is 0 Å². The van der Waals surface area contributed by atoms with Crippen LogP contribution < -0.4 is 4.74 Å². The first kappa shape index (κ1) is 25.3. The number of allylic oxidation sites excluding steroid dienone is 1. The molecule has 4 rings (SSSR count). The number of rotatable bonds is 7. The quantitative estimate of drug-likeness (QED) is 0.323. The van der Waals surface area contributed by atoms with Gasteiger partial charge in [0.05, 0.1) is 28.3 Å². The van der Waals surface area contributed by atoms with Gasteiger partial charge in [0, 0.05) is 24.5 Å². The van der Waals surface area contributed by atoms with E-state index in [4.69, 9.17) is 39.5 Å². The topological polar surface area (TPSA) is 32.7 Å². The molecule has 1 aliphatic rings. The van der Waals surface area contributed by atoms with Crippen LogP contribution in [-0.4, -0.2) is 36.2 Å². The number of piperidine rings is 1. The summed E-state index contributed by atoms with van der Waals surface area (Å²) in [6.45, 7) is 4.03. The van der Waals surface area contributed by atoms with Crippen LogP contribution in [0, 0.1) is 0 Å². The Morgan fingerprint density at radius 3 is 2.44 bits per heavy atom. The number of hydrogen-bond donors (Lipinski definition) is 1. The summed E-state index contributed by atoms with van der Waals surface area (Å²) in [5, 5.41) is 15.0. The fourth-order valence-corrected chi connectivity index (χ4v) is 5.44. The molecule has 3 aromatic carbocycles. The second-order valence-corrected chi connectivity index (χ2v) is 10.0. The minimum absolute atomic E-state index is 0.0720. The van der Waals surface area contributed by atoms with Gasteiger partial charge in [0.2, 0.25) is 0 Å². The molecule has 6 heteroatoms. The Hall–Kier alpha value is -1.75. The third kappa shape index (κ3) is 5.56. The molecule has 0 aliphatic carbocycles. The molecule has 0 bridgehead atoms. The van der Waals surface area contributed by atoms with E-state index < -0.39 is 6.10 Å². The molecule has 1 saturated heterocycles. The monoisotopic (exact) mass is 517 g/mol. The van der Waals surface area contributed by atoms with E-state index in [0.717, 1.165) is 55.1 Å². The van der Waals surface area contributed by atoms with E-state index in [-0.39, 0.29) is 6.04 Å². The molecule has 0 amide bonds. The zero-order chi connectivity index (χ0) is 24.2. The molecule has 0 aromatic heterocycles. The van der Waals surface area contributed by atoms with Gasteiger partial charge in [-0.3, -0.25) is 4.90 Å². The third-order valence-corrected chi connectivity index (χ3v) is 7.94. The lowest BCUT2D eigenvalue weighted by atomic mass is 9.93. The van der Waals surface area contributed by atoms with E-state index >= 15 is 0 Å². The van der Waals surface area contributed by atoms with E-state index in [1.807, 2.05) is 48.5 Å². The molecule has 1 aliphatic heterocycles. The van der Waals surface area contributed by atoms with Gasteiger partial charge in [0.15, 0.2) is 0 Å². The van der Waals surface area contributed by atoms with Crippen LogP contribution in [0.15, 0.2) is 60.2 Å². The highest BCUT2D eigenvalue weighted by molar-refractivity contribution is 6.42. The number of nitrogens with zero attached hydrogens (tertiary/aromatic N) is 1. The molecule has 0 saturated carbocycles. The molecule has 0 radical (unpaired) electrons. The van der Waals surface area contributed by atoms with Crippen LogP contribution in [0.5, 0.6) is 5.75 Å². The molecule has 1 heterocycles. The van der Waals surface area contributed by atoms with Crippen molar-refractivity contribution in [2.75, 3.05) is 20.2 Å². The smallest absolute Gasteiger partial charge is 0.138 e. The average Bonchev–Trinajstić information content (AvgIpc) is 2.86. The highest BCUT2D eigenvalue weighted by Crippen LogP contribution is 2.35. The number of aliphatic hydroxyl groups excluding tert-OH is 1. The number of hydrogen-bond acceptors (Lipinski definition) is 3. The fraction of sp³-hybridized carbons (Fsp3) is 0.357. The standard InChI is InChI=1S/C28H30Cl3NO2/c1-3-25(28(33)21-7-9-22-20(17-21)8-11-26(34-2)27(22)31)32-14-12-18(13-15-32)4-5-19-6-10-23(29)24(30)16-19/h4,6-11,16-17,25,28,33H,3,5,12-15H2,1-2H3. The molecule has 1 N–H and O–H groups in total. The second kappa shape index (κ2) is 11.3. The summed E-state index contributed by atoms with van der Waals surface area (Å²) >= 11 is 18.6. The Morgan fingerprint density at radius 2 is 1.76 bits per heavy atom. The van der Waals surface area contributed by atoms with Gasteiger partial charge in [0.25, 0.3) is 0 Å². The van der Waals surface area contributed by atoms with E-state index in [1.165, 1.54) is 11.1 Å². The van der Waals surface area contributed by atoms with Crippen molar-refractivity contribution in [3.05, 3.63) is 86.4 Å². The van der Waals surface area contributed by atoms with Crippen molar-refractivity contribution in [1.82, 2.24) is 4.90 Å². The molecule has 1 fully saturated rings. The zero-order valence-electron chi connectivity index (χ0n) is 19.5. The molecule has 180 valence electrons. The number of methoxy groups -OCH3 is 1. The summed E-state index contributed by atoms with van der Waals surface area (Å²) in [6, 6.07) is 15.7. The second-order valence-electron chi connectivity index (χ2n) is 8.83. The van der Waals surface area contributed by atoms with Crippen molar-refractivity contribution < 1.29 is 9.84 Å². The van der Waals surface area contributed by atoms with E-state index in [2.05, 4.69) is 17.9 Å². The Labute approximate surface area is 216 Å². The number of ether oxygens (including phenoxy) is 1. The lowest BCUT2D eigenvalue weighted by molar-refractivity contribution is 0.0411. The van der Waals surface area contributed by atoms with Gasteiger partial charge in [-0.2, -0.15) is 0 Å². The van der Waals surface area contributed by atoms with Crippen LogP contribution in [0.4, 0.5) is 0 Å². The predicted octanol–water partition coefficient (Wildman–Crippen LogP) is 7.89. The minimum atomic E-state index is -0.558. The molecule has 2 atom stereocenters. The molecule has 0 spiro atoms. The maximum Gasteiger partial charge on any atom is 0.138 e. The number of halogens is 3. The van der Waals surface area contributed by atoms with E-state index in [9.17, 15) is 5.11 Å². The van der Waals surface area contributed by atoms with E-state index in [0.29, 0.717) is 20.8 Å². The first-order valence-electron chi connectivity index (χ1n) is 11.7. The van der Waals surface area contributed by atoms with Gasteiger partial charge in [0.1, 0.15) is 5.75 Å². The normalized spacial score (nSPS) is 16.5. The summed E-state index contributed by atoms with van der Waals surface area (Å²) in [6.07, 6.45) is 5.52. The van der Waals surface area contributed by atoms with E-state index in [1.54, 1.807) is 7.11 Å². The molecule has 3 aromatic rings. The SMILES string of the molecule is CCC(C(O)c1ccc2c(Cl)c(OC)ccc2c1)N1CCC(=CCc2ccc(Cl)c(Cl)c2)CC1. The number of benzene rings is 3. The van der Waals surface area contributed by atoms with Gasteiger partial charge < -0.3 is 9.84 Å². The van der Waals surface area contributed by atoms with Gasteiger partial charge >= 0.3 is 0 Å². The molecule has 34 heavy (non-hydrogen) atoms. The highest BCUT2D eigenvalue weighted by Gasteiger charge is 2.28. The Bertz CT molecular complexity index is 1180. The summed E-state index contributed by atoms with van der Waals surface area (Å²) in [5.41, 5.74) is 3.54. The van der Waals surface area contributed by atoms with Crippen LogP contribution in [0.3, 0.4) is 0 Å². The summed E-state index contributed by atoms with van der Waals surface area (Å²) < 4.78 is 5.32. The van der Waals surface area contributed by atoms with Crippen LogP contribution in [0.2, 0.25) is 15.1 Å². The van der Waals surface area contributed by atoms with Gasteiger partial charge in [-0.15, -0.1) is 0 Å². The Kier molecular flexibility index (Phi) is 8.44. The lowest BCUT2D eigenvalue weighted by Crippen LogP contribution is -2.43. The van der Waals surface area contributed by atoms with Crippen LogP contribution in [0.1, 0.15) is 43.4 Å². The van der Waals surface area contributed by atoms with Gasteiger partial charge in [-0.25, -0.2) is 0 Å². The number of fused-ring (bicyclic) bond motifs is 1. The van der Waals surface area contributed by atoms with Crippen LogP contribution >= 0.6 is 34.8 Å². The Balaban J connectivity index is 1.42. The first-order chi connectivity index (χ1) is 16.4. The third-order valence-electron chi connectivity index (χ3n) is 6.81. The largest absolute Gasteiger partial charge is 0.495 e. The minimum Gasteiger partial charge on any atom is -0.495 e. The molecule has 3 nitrogen and oxygen atoms in total. The molecular formula is C28H30Cl3NO2. The van der Waals surface area contributed by atoms with Crippen molar-refractivity contribution in [2.45, 2.75) is 44.8 Å². The van der Waals surface area contributed by atoms with Crippen molar-refractivity contribution in [1.29, 1.82) is 0 Å². The highest BCUT2D eigenvalue weighted by atomic mass is 35.5. The molecular weight excluding hydrogens is 489 g/mol. The summed E-state index contributed by atoms with van der Waals surface area (Å²) in [7, 11) is 1.61. The fourth-order valence-electron chi connectivity index (χ4n) is 4.81. The van der Waals surface area contributed by atoms with Gasteiger partial charge in [-0.05, 0) is 66.5 Å². The maximum absolute atomic E-state index is 11.3. The lowest BCUT2D eigenvalue weighted by Gasteiger charge is -2.38. The Morgan fingerprint density at radius 1 is 1.00 bits per heavy atom. The summed E-state index contributed by atoms with van der Waals surface area (Å²) in [5.74, 6) is 0.658. The van der Waals surface area contributed by atoms with Crippen molar-refractivity contribution in [2.24, 2.45) is 0 Å². The summed E-state index contributed by atoms with van der Waals surface area (Å²) in [4.78, 5) is 2.42. The van der Waals surface area contributed by atoms with Gasteiger partial charge in [-0.1, -0.05) is 77.6 Å². The average molecular weight is 519 g/mol. The van der Waals surface area contributed by atoms with Crippen molar-refractivity contribution in [3.8, 4) is 5.75 Å². The first-order valence-corrected chi connectivity index (χ1v) is 12.8. The number of likely N-dealkylation sites (tertiary alicyclic amines) is 1.